The summed E-state index contributed by atoms with van der Waals surface area (Å²) in [6.07, 6.45) is 0. The van der Waals surface area contributed by atoms with Crippen LogP contribution in [0.25, 0.3) is 10.9 Å². The first-order valence-corrected chi connectivity index (χ1v) is 9.02. The number of carboxylic acid groups (broad SMARTS) is 1. The Morgan fingerprint density at radius 3 is 2.61 bits per heavy atom. The number of aromatic carboxylic acids is 1. The summed E-state index contributed by atoms with van der Waals surface area (Å²) in [5.74, 6) is -0.564. The maximum atomic E-state index is 12.6. The highest BCUT2D eigenvalue weighted by molar-refractivity contribution is 5.99. The fraction of sp³-hybridized carbons (Fsp3) is 0.333. The number of carbonyl (C=O) groups excluding carboxylic acids is 1. The summed E-state index contributed by atoms with van der Waals surface area (Å²) in [5, 5.41) is 12.9. The van der Waals surface area contributed by atoms with E-state index < -0.39 is 5.97 Å². The van der Waals surface area contributed by atoms with E-state index in [4.69, 9.17) is 14.3 Å². The van der Waals surface area contributed by atoms with Crippen LogP contribution in [0.3, 0.4) is 0 Å². The molecule has 1 amide bonds. The Morgan fingerprint density at radius 1 is 1.21 bits per heavy atom. The summed E-state index contributed by atoms with van der Waals surface area (Å²) in [4.78, 5) is 23.7. The van der Waals surface area contributed by atoms with Crippen LogP contribution in [0, 0.1) is 20.8 Å². The van der Waals surface area contributed by atoms with Gasteiger partial charge < -0.3 is 24.1 Å². The molecule has 0 atom stereocenters. The van der Waals surface area contributed by atoms with E-state index in [0.717, 1.165) is 28.7 Å². The highest BCUT2D eigenvalue weighted by Crippen LogP contribution is 2.26. The summed E-state index contributed by atoms with van der Waals surface area (Å²) in [6.45, 7) is 7.18. The number of nitrogens with one attached hydrogen (secondary N) is 1. The number of aromatic nitrogens is 1. The molecule has 0 spiro atoms. The van der Waals surface area contributed by atoms with Gasteiger partial charge in [0.15, 0.2) is 0 Å². The van der Waals surface area contributed by atoms with Crippen molar-refractivity contribution in [2.45, 2.75) is 33.9 Å². The van der Waals surface area contributed by atoms with E-state index in [1.807, 2.05) is 19.1 Å². The number of ether oxygens (including phenoxy) is 1. The van der Waals surface area contributed by atoms with Gasteiger partial charge in [0.25, 0.3) is 5.91 Å². The van der Waals surface area contributed by atoms with Gasteiger partial charge in [-0.2, -0.15) is 0 Å². The first kappa shape index (κ1) is 19.7. The Labute approximate surface area is 162 Å². The minimum Gasteiger partial charge on any atom is -0.478 e. The third kappa shape index (κ3) is 3.66. The molecule has 0 aliphatic carbocycles. The second kappa shape index (κ2) is 7.90. The molecule has 2 aromatic heterocycles. The number of amides is 1. The molecule has 0 saturated carbocycles. The van der Waals surface area contributed by atoms with Gasteiger partial charge >= 0.3 is 5.97 Å². The SMILES string of the molecule is COCCn1c(C)c(C)c2cc(C(=O)NCc3cc(C(=O)O)c(C)o3)ccc21. The summed E-state index contributed by atoms with van der Waals surface area (Å²) in [7, 11) is 1.68. The van der Waals surface area contributed by atoms with Crippen molar-refractivity contribution in [3.8, 4) is 0 Å². The van der Waals surface area contributed by atoms with E-state index in [1.54, 1.807) is 20.1 Å². The van der Waals surface area contributed by atoms with Gasteiger partial charge in [0.1, 0.15) is 17.1 Å². The largest absolute Gasteiger partial charge is 0.478 e. The van der Waals surface area contributed by atoms with Crippen molar-refractivity contribution in [3.05, 3.63) is 58.2 Å². The van der Waals surface area contributed by atoms with Gasteiger partial charge in [-0.25, -0.2) is 4.79 Å². The number of carboxylic acids is 1. The molecular formula is C21H24N2O5. The van der Waals surface area contributed by atoms with Gasteiger partial charge in [-0.1, -0.05) is 0 Å². The van der Waals surface area contributed by atoms with E-state index in [-0.39, 0.29) is 18.0 Å². The molecule has 3 rings (SSSR count). The zero-order valence-electron chi connectivity index (χ0n) is 16.5. The van der Waals surface area contributed by atoms with E-state index in [0.29, 0.717) is 23.7 Å². The van der Waals surface area contributed by atoms with Crippen LogP contribution >= 0.6 is 0 Å². The maximum absolute atomic E-state index is 12.6. The quantitative estimate of drug-likeness (QED) is 0.651. The van der Waals surface area contributed by atoms with Crippen LogP contribution in [-0.2, 0) is 17.8 Å². The Morgan fingerprint density at radius 2 is 1.96 bits per heavy atom. The number of methoxy groups -OCH3 is 1. The summed E-state index contributed by atoms with van der Waals surface area (Å²) in [6, 6.07) is 7.05. The van der Waals surface area contributed by atoms with Crippen molar-refractivity contribution in [1.29, 1.82) is 0 Å². The first-order chi connectivity index (χ1) is 13.3. The predicted molar refractivity (Wildman–Crippen MR) is 105 cm³/mol. The molecule has 7 nitrogen and oxygen atoms in total. The minimum absolute atomic E-state index is 0.106. The van der Waals surface area contributed by atoms with Crippen molar-refractivity contribution < 1.29 is 23.8 Å². The highest BCUT2D eigenvalue weighted by Gasteiger charge is 2.16. The van der Waals surface area contributed by atoms with Gasteiger partial charge in [-0.15, -0.1) is 0 Å². The molecule has 0 saturated heterocycles. The highest BCUT2D eigenvalue weighted by atomic mass is 16.5. The lowest BCUT2D eigenvalue weighted by Gasteiger charge is -2.08. The molecule has 0 aliphatic heterocycles. The van der Waals surface area contributed by atoms with Crippen molar-refractivity contribution in [2.24, 2.45) is 0 Å². The normalized spacial score (nSPS) is 11.1. The number of hydrogen-bond acceptors (Lipinski definition) is 4. The molecule has 1 aromatic carbocycles. The second-order valence-corrected chi connectivity index (χ2v) is 6.76. The molecule has 0 fully saturated rings. The molecule has 2 heterocycles. The van der Waals surface area contributed by atoms with Gasteiger partial charge in [-0.3, -0.25) is 4.79 Å². The summed E-state index contributed by atoms with van der Waals surface area (Å²) < 4.78 is 12.8. The van der Waals surface area contributed by atoms with Crippen LogP contribution in [0.1, 0.15) is 43.5 Å². The number of benzene rings is 1. The summed E-state index contributed by atoms with van der Waals surface area (Å²) >= 11 is 0. The predicted octanol–water partition coefficient (Wildman–Crippen LogP) is 3.43. The van der Waals surface area contributed by atoms with Crippen LogP contribution in [0.4, 0.5) is 0 Å². The third-order valence-electron chi connectivity index (χ3n) is 5.04. The van der Waals surface area contributed by atoms with Crippen molar-refractivity contribution in [2.75, 3.05) is 13.7 Å². The summed E-state index contributed by atoms with van der Waals surface area (Å²) in [5.41, 5.74) is 4.00. The second-order valence-electron chi connectivity index (χ2n) is 6.76. The lowest BCUT2D eigenvalue weighted by atomic mass is 10.1. The topological polar surface area (TPSA) is 93.7 Å². The Balaban J connectivity index is 1.79. The van der Waals surface area contributed by atoms with E-state index in [2.05, 4.69) is 16.8 Å². The molecule has 0 radical (unpaired) electrons. The van der Waals surface area contributed by atoms with Crippen molar-refractivity contribution in [1.82, 2.24) is 9.88 Å². The van der Waals surface area contributed by atoms with Gasteiger partial charge in [0.2, 0.25) is 0 Å². The Bertz CT molecular complexity index is 1040. The first-order valence-electron chi connectivity index (χ1n) is 9.02. The lowest BCUT2D eigenvalue weighted by molar-refractivity contribution is 0.0694. The van der Waals surface area contributed by atoms with E-state index in [9.17, 15) is 9.59 Å². The zero-order chi connectivity index (χ0) is 20.4. The Hall–Kier alpha value is -3.06. The van der Waals surface area contributed by atoms with E-state index >= 15 is 0 Å². The molecule has 2 N–H and O–H groups in total. The standard InChI is InChI=1S/C21H24N2O5/c1-12-13(2)23(7-8-27-4)19-6-5-15(9-17(12)19)20(24)22-11-16-10-18(21(25)26)14(3)28-16/h5-6,9-10H,7-8,11H2,1-4H3,(H,22,24)(H,25,26). The molecule has 28 heavy (non-hydrogen) atoms. The molecule has 148 valence electrons. The number of carbonyl (C=O) groups is 2. The van der Waals surface area contributed by atoms with E-state index in [1.165, 1.54) is 6.07 Å². The van der Waals surface area contributed by atoms with Crippen LogP contribution < -0.4 is 5.32 Å². The number of rotatable bonds is 7. The van der Waals surface area contributed by atoms with Crippen LogP contribution in [0.15, 0.2) is 28.7 Å². The van der Waals surface area contributed by atoms with Crippen LogP contribution in [0.5, 0.6) is 0 Å². The van der Waals surface area contributed by atoms with Crippen molar-refractivity contribution in [3.63, 3.8) is 0 Å². The molecule has 7 heteroatoms. The smallest absolute Gasteiger partial charge is 0.339 e. The number of nitrogens with zero attached hydrogens (tertiary/aromatic N) is 1. The molecule has 0 bridgehead atoms. The number of fused-ring (bicyclic) bond motifs is 1. The third-order valence-corrected chi connectivity index (χ3v) is 5.04. The van der Waals surface area contributed by atoms with Gasteiger partial charge in [-0.05, 0) is 50.6 Å². The van der Waals surface area contributed by atoms with Gasteiger partial charge in [0.05, 0.1) is 13.2 Å². The average Bonchev–Trinajstić information content (AvgIpc) is 3.16. The van der Waals surface area contributed by atoms with Crippen LogP contribution in [-0.4, -0.2) is 35.3 Å². The number of furan rings is 1. The molecule has 3 aromatic rings. The number of hydrogen-bond donors (Lipinski definition) is 2. The molecule has 0 unspecified atom stereocenters. The maximum Gasteiger partial charge on any atom is 0.339 e. The van der Waals surface area contributed by atoms with Gasteiger partial charge in [0, 0.05) is 35.8 Å². The zero-order valence-corrected chi connectivity index (χ0v) is 16.5. The monoisotopic (exact) mass is 384 g/mol. The average molecular weight is 384 g/mol. The Kier molecular flexibility index (Phi) is 5.56. The molecule has 0 aliphatic rings. The number of aryl methyl sites for hydroxylation is 2. The van der Waals surface area contributed by atoms with Crippen LogP contribution in [0.2, 0.25) is 0 Å². The van der Waals surface area contributed by atoms with Crippen molar-refractivity contribution >= 4 is 22.8 Å². The fourth-order valence-electron chi connectivity index (χ4n) is 3.37. The minimum atomic E-state index is -1.05. The molecular weight excluding hydrogens is 360 g/mol. The fourth-order valence-corrected chi connectivity index (χ4v) is 3.37. The lowest BCUT2D eigenvalue weighted by Crippen LogP contribution is -2.22.